The predicted octanol–water partition coefficient (Wildman–Crippen LogP) is 2.62. The molecule has 0 amide bonds. The van der Waals surface area contributed by atoms with E-state index in [9.17, 15) is 14.8 Å². The van der Waals surface area contributed by atoms with Gasteiger partial charge in [0.15, 0.2) is 11.6 Å². The number of rotatable bonds is 5. The predicted molar refractivity (Wildman–Crippen MR) is 80.6 cm³/mol. The number of methoxy groups -OCH3 is 2. The number of oxime groups is 1. The molecule has 22 heavy (non-hydrogen) atoms. The van der Waals surface area contributed by atoms with Crippen LogP contribution in [0.15, 0.2) is 23.4 Å². The van der Waals surface area contributed by atoms with E-state index in [1.807, 2.05) is 6.92 Å². The number of hydrogen-bond acceptors (Lipinski definition) is 6. The number of ether oxygens (including phenoxy) is 2. The average Bonchev–Trinajstić information content (AvgIpc) is 2.54. The average molecular weight is 303 g/mol. The molecule has 6 heteroatoms. The topological polar surface area (TPSA) is 85.2 Å². The molecule has 0 bridgehead atoms. The maximum Gasteiger partial charge on any atom is 0.190 e. The molecule has 0 aliphatic heterocycles. The van der Waals surface area contributed by atoms with Crippen molar-refractivity contribution in [3.63, 3.8) is 0 Å². The standard InChI is InChI=1S/C16H17NO5/c1-4-5-10(17-20)9-8-13(21-2)14-11(18)6-7-12(19)15(14)16(9)22-3/h6-8,20H,4-5H2,1-3H3/b17-10+. The van der Waals surface area contributed by atoms with Gasteiger partial charge in [-0.15, -0.1) is 0 Å². The van der Waals surface area contributed by atoms with Crippen molar-refractivity contribution in [3.05, 3.63) is 34.9 Å². The minimum absolute atomic E-state index is 0.140. The third-order valence-corrected chi connectivity index (χ3v) is 3.46. The number of allylic oxidation sites excluding steroid dienone is 2. The van der Waals surface area contributed by atoms with Crippen LogP contribution in [-0.4, -0.2) is 36.7 Å². The zero-order valence-electron chi connectivity index (χ0n) is 12.7. The third-order valence-electron chi connectivity index (χ3n) is 3.46. The Balaban J connectivity index is 2.81. The Kier molecular flexibility index (Phi) is 4.60. The lowest BCUT2D eigenvalue weighted by atomic mass is 9.89. The van der Waals surface area contributed by atoms with E-state index in [4.69, 9.17) is 9.47 Å². The zero-order chi connectivity index (χ0) is 16.3. The van der Waals surface area contributed by atoms with Gasteiger partial charge in [-0.3, -0.25) is 9.59 Å². The molecular formula is C16H17NO5. The second-order valence-electron chi connectivity index (χ2n) is 4.77. The summed E-state index contributed by atoms with van der Waals surface area (Å²) in [7, 11) is 2.82. The van der Waals surface area contributed by atoms with Crippen molar-refractivity contribution in [1.29, 1.82) is 0 Å². The van der Waals surface area contributed by atoms with Gasteiger partial charge >= 0.3 is 0 Å². The summed E-state index contributed by atoms with van der Waals surface area (Å²) in [5.74, 6) is -0.194. The molecule has 0 heterocycles. The largest absolute Gasteiger partial charge is 0.496 e. The molecule has 0 atom stereocenters. The molecule has 1 aromatic carbocycles. The fourth-order valence-electron chi connectivity index (χ4n) is 2.50. The molecule has 0 radical (unpaired) electrons. The number of ketones is 2. The summed E-state index contributed by atoms with van der Waals surface area (Å²) < 4.78 is 10.6. The minimum atomic E-state index is -0.347. The van der Waals surface area contributed by atoms with Gasteiger partial charge in [0.05, 0.1) is 31.1 Å². The minimum Gasteiger partial charge on any atom is -0.496 e. The van der Waals surface area contributed by atoms with Crippen LogP contribution in [-0.2, 0) is 0 Å². The Morgan fingerprint density at radius 1 is 1.14 bits per heavy atom. The van der Waals surface area contributed by atoms with Crippen LogP contribution in [0.1, 0.15) is 46.0 Å². The van der Waals surface area contributed by atoms with Crippen molar-refractivity contribution in [2.24, 2.45) is 5.16 Å². The lowest BCUT2D eigenvalue weighted by molar-refractivity contribution is 0.0989. The molecule has 1 aliphatic carbocycles. The highest BCUT2D eigenvalue weighted by Crippen LogP contribution is 2.38. The molecule has 0 spiro atoms. The molecule has 0 fully saturated rings. The van der Waals surface area contributed by atoms with Gasteiger partial charge in [0.1, 0.15) is 11.5 Å². The highest BCUT2D eigenvalue weighted by atomic mass is 16.5. The Hall–Kier alpha value is -2.63. The van der Waals surface area contributed by atoms with Crippen molar-refractivity contribution in [2.45, 2.75) is 19.8 Å². The normalized spacial score (nSPS) is 14.0. The van der Waals surface area contributed by atoms with Gasteiger partial charge in [-0.2, -0.15) is 0 Å². The molecule has 1 aliphatic rings. The van der Waals surface area contributed by atoms with Crippen molar-refractivity contribution < 1.29 is 24.3 Å². The van der Waals surface area contributed by atoms with Gasteiger partial charge in [0.2, 0.25) is 0 Å². The number of carbonyl (C=O) groups excluding carboxylic acids is 2. The van der Waals surface area contributed by atoms with E-state index < -0.39 is 0 Å². The first kappa shape index (κ1) is 15.8. The van der Waals surface area contributed by atoms with Crippen LogP contribution in [0.25, 0.3) is 0 Å². The van der Waals surface area contributed by atoms with E-state index in [2.05, 4.69) is 5.16 Å². The summed E-state index contributed by atoms with van der Waals surface area (Å²) in [6.07, 6.45) is 3.65. The van der Waals surface area contributed by atoms with Crippen molar-refractivity contribution in [3.8, 4) is 11.5 Å². The molecule has 0 saturated heterocycles. The number of benzene rings is 1. The van der Waals surface area contributed by atoms with E-state index in [0.29, 0.717) is 17.7 Å². The fourth-order valence-corrected chi connectivity index (χ4v) is 2.50. The molecule has 0 unspecified atom stereocenters. The number of fused-ring (bicyclic) bond motifs is 1. The Morgan fingerprint density at radius 2 is 1.77 bits per heavy atom. The second kappa shape index (κ2) is 6.43. The Labute approximate surface area is 128 Å². The first-order valence-corrected chi connectivity index (χ1v) is 6.86. The first-order chi connectivity index (χ1) is 10.6. The summed E-state index contributed by atoms with van der Waals surface area (Å²) in [6.45, 7) is 1.94. The molecule has 6 nitrogen and oxygen atoms in total. The summed E-state index contributed by atoms with van der Waals surface area (Å²) in [4.78, 5) is 24.3. The SMILES string of the molecule is CCC/C(=N\O)c1cc(OC)c2c(c1OC)C(=O)C=CC2=O. The number of hydrogen-bond donors (Lipinski definition) is 1. The van der Waals surface area contributed by atoms with Crippen LogP contribution in [0.2, 0.25) is 0 Å². The van der Waals surface area contributed by atoms with E-state index >= 15 is 0 Å². The van der Waals surface area contributed by atoms with Gasteiger partial charge < -0.3 is 14.7 Å². The molecule has 0 saturated carbocycles. The quantitative estimate of drug-likeness (QED) is 0.513. The molecular weight excluding hydrogens is 286 g/mol. The third kappa shape index (κ3) is 2.47. The second-order valence-corrected chi connectivity index (χ2v) is 4.77. The van der Waals surface area contributed by atoms with Gasteiger partial charge in [-0.05, 0) is 24.6 Å². The lowest BCUT2D eigenvalue weighted by Crippen LogP contribution is -2.17. The van der Waals surface area contributed by atoms with Crippen molar-refractivity contribution in [2.75, 3.05) is 14.2 Å². The molecule has 116 valence electrons. The summed E-state index contributed by atoms with van der Waals surface area (Å²) in [5.41, 5.74) is 1.13. The highest BCUT2D eigenvalue weighted by molar-refractivity contribution is 6.25. The van der Waals surface area contributed by atoms with Crippen LogP contribution in [0, 0.1) is 0 Å². The Morgan fingerprint density at radius 3 is 2.27 bits per heavy atom. The van der Waals surface area contributed by atoms with Crippen LogP contribution >= 0.6 is 0 Å². The summed E-state index contributed by atoms with van der Waals surface area (Å²) in [6, 6.07) is 1.56. The lowest BCUT2D eigenvalue weighted by Gasteiger charge is -2.20. The van der Waals surface area contributed by atoms with E-state index in [1.165, 1.54) is 26.4 Å². The van der Waals surface area contributed by atoms with E-state index in [-0.39, 0.29) is 34.2 Å². The summed E-state index contributed by atoms with van der Waals surface area (Å²) in [5, 5.41) is 12.5. The molecule has 2 rings (SSSR count). The highest BCUT2D eigenvalue weighted by Gasteiger charge is 2.30. The number of nitrogens with zero attached hydrogens (tertiary/aromatic N) is 1. The number of carbonyl (C=O) groups is 2. The molecule has 0 aromatic heterocycles. The maximum atomic E-state index is 12.2. The van der Waals surface area contributed by atoms with Crippen LogP contribution in [0.5, 0.6) is 11.5 Å². The smallest absolute Gasteiger partial charge is 0.190 e. The van der Waals surface area contributed by atoms with Crippen LogP contribution < -0.4 is 9.47 Å². The van der Waals surface area contributed by atoms with Crippen molar-refractivity contribution in [1.82, 2.24) is 0 Å². The van der Waals surface area contributed by atoms with Crippen LogP contribution in [0.3, 0.4) is 0 Å². The van der Waals surface area contributed by atoms with Gasteiger partial charge in [0.25, 0.3) is 0 Å². The van der Waals surface area contributed by atoms with Gasteiger partial charge in [0, 0.05) is 5.56 Å². The summed E-state index contributed by atoms with van der Waals surface area (Å²) >= 11 is 0. The van der Waals surface area contributed by atoms with Gasteiger partial charge in [-0.1, -0.05) is 18.5 Å². The first-order valence-electron chi connectivity index (χ1n) is 6.86. The molecule has 1 aromatic rings. The maximum absolute atomic E-state index is 12.2. The van der Waals surface area contributed by atoms with Crippen molar-refractivity contribution >= 4 is 17.3 Å². The Bertz CT molecular complexity index is 688. The van der Waals surface area contributed by atoms with E-state index in [0.717, 1.165) is 6.42 Å². The van der Waals surface area contributed by atoms with E-state index in [1.54, 1.807) is 6.07 Å². The van der Waals surface area contributed by atoms with Crippen LogP contribution in [0.4, 0.5) is 0 Å². The monoisotopic (exact) mass is 303 g/mol. The molecule has 1 N–H and O–H groups in total. The zero-order valence-corrected chi connectivity index (χ0v) is 12.7. The van der Waals surface area contributed by atoms with Gasteiger partial charge in [-0.25, -0.2) is 0 Å². The fraction of sp³-hybridized carbons (Fsp3) is 0.312.